The van der Waals surface area contributed by atoms with Crippen molar-refractivity contribution in [2.45, 2.75) is 20.3 Å². The Hall–Kier alpha value is -1.19. The average molecular weight is 273 g/mol. The second-order valence-electron chi connectivity index (χ2n) is 3.60. The molecule has 1 aromatic rings. The van der Waals surface area contributed by atoms with Crippen LogP contribution in [0.2, 0.25) is 10.0 Å². The van der Waals surface area contributed by atoms with Gasteiger partial charge in [0.2, 0.25) is 0 Å². The second-order valence-corrected chi connectivity index (χ2v) is 4.47. The van der Waals surface area contributed by atoms with Crippen molar-refractivity contribution in [2.24, 2.45) is 0 Å². The van der Waals surface area contributed by atoms with E-state index in [0.717, 1.165) is 12.0 Å². The summed E-state index contributed by atoms with van der Waals surface area (Å²) in [7, 11) is 0. The highest BCUT2D eigenvalue weighted by molar-refractivity contribution is 6.35. The molecule has 0 bridgehead atoms. The molecule has 0 saturated carbocycles. The lowest BCUT2D eigenvalue weighted by Gasteiger charge is -2.06. The van der Waals surface area contributed by atoms with Gasteiger partial charge in [0.25, 0.3) is 0 Å². The minimum atomic E-state index is -0.323. The fourth-order valence-corrected chi connectivity index (χ4v) is 1.61. The number of carbonyl (C=O) groups is 1. The standard InChI is InChI=1S/C12H14Cl2N2O/c1-3-8(2)7-15-12(17)16-11-5-9(13)4-10(14)6-11/h4-7H,3H2,1-2H3,(H2,15,16,17)/b8-7+. The molecular weight excluding hydrogens is 259 g/mol. The number of anilines is 1. The van der Waals surface area contributed by atoms with E-state index in [1.54, 1.807) is 24.4 Å². The fraction of sp³-hybridized carbons (Fsp3) is 0.250. The number of hydrogen-bond acceptors (Lipinski definition) is 1. The molecule has 0 heterocycles. The Labute approximate surface area is 111 Å². The van der Waals surface area contributed by atoms with Gasteiger partial charge >= 0.3 is 6.03 Å². The molecule has 0 aliphatic rings. The Bertz CT molecular complexity index is 424. The number of rotatable bonds is 3. The SMILES string of the molecule is CC/C(C)=C/NC(=O)Nc1cc(Cl)cc(Cl)c1. The number of carbonyl (C=O) groups excluding carboxylic acids is 1. The summed E-state index contributed by atoms with van der Waals surface area (Å²) < 4.78 is 0. The van der Waals surface area contributed by atoms with E-state index in [1.165, 1.54) is 0 Å². The molecule has 0 unspecified atom stereocenters. The van der Waals surface area contributed by atoms with Gasteiger partial charge in [-0.3, -0.25) is 0 Å². The van der Waals surface area contributed by atoms with Gasteiger partial charge < -0.3 is 10.6 Å². The smallest absolute Gasteiger partial charge is 0.314 e. The van der Waals surface area contributed by atoms with Gasteiger partial charge in [-0.1, -0.05) is 35.7 Å². The maximum absolute atomic E-state index is 11.5. The third-order valence-electron chi connectivity index (χ3n) is 2.13. The van der Waals surface area contributed by atoms with Crippen molar-refractivity contribution in [3.05, 3.63) is 40.0 Å². The summed E-state index contributed by atoms with van der Waals surface area (Å²) in [5.41, 5.74) is 1.65. The van der Waals surface area contributed by atoms with Crippen LogP contribution in [0.4, 0.5) is 10.5 Å². The number of nitrogens with one attached hydrogen (secondary N) is 2. The maximum Gasteiger partial charge on any atom is 0.323 e. The Morgan fingerprint density at radius 1 is 1.29 bits per heavy atom. The molecule has 0 saturated heterocycles. The van der Waals surface area contributed by atoms with Gasteiger partial charge in [-0.05, 0) is 31.5 Å². The lowest BCUT2D eigenvalue weighted by molar-refractivity contribution is 0.255. The van der Waals surface area contributed by atoms with Crippen LogP contribution in [0.5, 0.6) is 0 Å². The van der Waals surface area contributed by atoms with E-state index in [9.17, 15) is 4.79 Å². The summed E-state index contributed by atoms with van der Waals surface area (Å²) >= 11 is 11.6. The highest BCUT2D eigenvalue weighted by atomic mass is 35.5. The minimum absolute atomic E-state index is 0.323. The summed E-state index contributed by atoms with van der Waals surface area (Å²) in [6.45, 7) is 3.96. The van der Waals surface area contributed by atoms with Crippen molar-refractivity contribution in [3.63, 3.8) is 0 Å². The van der Waals surface area contributed by atoms with Crippen molar-refractivity contribution >= 4 is 34.9 Å². The summed E-state index contributed by atoms with van der Waals surface area (Å²) in [4.78, 5) is 11.5. The van der Waals surface area contributed by atoms with E-state index in [-0.39, 0.29) is 6.03 Å². The molecule has 0 aromatic heterocycles. The number of hydrogen-bond donors (Lipinski definition) is 2. The summed E-state index contributed by atoms with van der Waals surface area (Å²) in [6, 6.07) is 4.54. The van der Waals surface area contributed by atoms with E-state index in [4.69, 9.17) is 23.2 Å². The molecular formula is C12H14Cl2N2O. The summed E-state index contributed by atoms with van der Waals surface area (Å²) in [5, 5.41) is 6.22. The predicted molar refractivity (Wildman–Crippen MR) is 72.7 cm³/mol. The molecule has 0 spiro atoms. The van der Waals surface area contributed by atoms with E-state index >= 15 is 0 Å². The quantitative estimate of drug-likeness (QED) is 0.840. The molecule has 17 heavy (non-hydrogen) atoms. The van der Waals surface area contributed by atoms with E-state index < -0.39 is 0 Å². The zero-order valence-electron chi connectivity index (χ0n) is 9.68. The Morgan fingerprint density at radius 2 is 1.88 bits per heavy atom. The van der Waals surface area contributed by atoms with Crippen molar-refractivity contribution in [1.82, 2.24) is 5.32 Å². The Morgan fingerprint density at radius 3 is 2.41 bits per heavy atom. The third kappa shape index (κ3) is 5.11. The minimum Gasteiger partial charge on any atom is -0.314 e. The van der Waals surface area contributed by atoms with Crippen molar-refractivity contribution in [1.29, 1.82) is 0 Å². The van der Waals surface area contributed by atoms with Crippen molar-refractivity contribution < 1.29 is 4.79 Å². The monoisotopic (exact) mass is 272 g/mol. The highest BCUT2D eigenvalue weighted by Crippen LogP contribution is 2.22. The largest absolute Gasteiger partial charge is 0.323 e. The van der Waals surface area contributed by atoms with Gasteiger partial charge in [0.05, 0.1) is 0 Å². The Balaban J connectivity index is 2.62. The molecule has 1 aromatic carbocycles. The van der Waals surface area contributed by atoms with E-state index in [0.29, 0.717) is 15.7 Å². The molecule has 1 rings (SSSR count). The van der Waals surface area contributed by atoms with Crippen LogP contribution in [0.3, 0.4) is 0 Å². The second kappa shape index (κ2) is 6.52. The molecule has 0 aliphatic heterocycles. The number of amides is 2. The number of benzene rings is 1. The fourth-order valence-electron chi connectivity index (χ4n) is 1.08. The van der Waals surface area contributed by atoms with Crippen LogP contribution in [-0.2, 0) is 0 Å². The van der Waals surface area contributed by atoms with Crippen LogP contribution in [0.15, 0.2) is 30.0 Å². The molecule has 2 amide bonds. The summed E-state index contributed by atoms with van der Waals surface area (Å²) in [6.07, 6.45) is 2.56. The van der Waals surface area contributed by atoms with Crippen molar-refractivity contribution in [3.8, 4) is 0 Å². The molecule has 0 fully saturated rings. The van der Waals surface area contributed by atoms with Crippen LogP contribution in [0.25, 0.3) is 0 Å². The normalized spacial score (nSPS) is 11.2. The Kier molecular flexibility index (Phi) is 5.32. The lowest BCUT2D eigenvalue weighted by Crippen LogP contribution is -2.24. The molecule has 0 radical (unpaired) electrons. The van der Waals surface area contributed by atoms with Crippen LogP contribution in [0, 0.1) is 0 Å². The van der Waals surface area contributed by atoms with Gasteiger partial charge in [-0.25, -0.2) is 4.79 Å². The topological polar surface area (TPSA) is 41.1 Å². The zero-order valence-corrected chi connectivity index (χ0v) is 11.2. The molecule has 2 N–H and O–H groups in total. The number of halogens is 2. The molecule has 3 nitrogen and oxygen atoms in total. The maximum atomic E-state index is 11.5. The van der Waals surface area contributed by atoms with Crippen molar-refractivity contribution in [2.75, 3.05) is 5.32 Å². The van der Waals surface area contributed by atoms with Gasteiger partial charge in [-0.15, -0.1) is 0 Å². The van der Waals surface area contributed by atoms with Crippen LogP contribution >= 0.6 is 23.2 Å². The van der Waals surface area contributed by atoms with E-state index in [2.05, 4.69) is 10.6 Å². The van der Waals surface area contributed by atoms with E-state index in [1.807, 2.05) is 13.8 Å². The first-order valence-corrected chi connectivity index (χ1v) is 5.96. The first-order valence-electron chi connectivity index (χ1n) is 5.20. The van der Waals surface area contributed by atoms with Gasteiger partial charge in [0.1, 0.15) is 0 Å². The van der Waals surface area contributed by atoms with Gasteiger partial charge in [-0.2, -0.15) is 0 Å². The first kappa shape index (κ1) is 13.9. The molecule has 0 atom stereocenters. The summed E-state index contributed by atoms with van der Waals surface area (Å²) in [5.74, 6) is 0. The predicted octanol–water partition coefficient (Wildman–Crippen LogP) is 4.43. The van der Waals surface area contributed by atoms with Crippen LogP contribution < -0.4 is 10.6 Å². The molecule has 5 heteroatoms. The number of allylic oxidation sites excluding steroid dienone is 1. The lowest BCUT2D eigenvalue weighted by atomic mass is 10.3. The first-order chi connectivity index (χ1) is 8.01. The number of urea groups is 1. The molecule has 0 aliphatic carbocycles. The highest BCUT2D eigenvalue weighted by Gasteiger charge is 2.02. The van der Waals surface area contributed by atoms with Gasteiger partial charge in [0.15, 0.2) is 0 Å². The van der Waals surface area contributed by atoms with Crippen LogP contribution in [-0.4, -0.2) is 6.03 Å². The zero-order chi connectivity index (χ0) is 12.8. The third-order valence-corrected chi connectivity index (χ3v) is 2.56. The van der Waals surface area contributed by atoms with Gasteiger partial charge in [0, 0.05) is 21.9 Å². The van der Waals surface area contributed by atoms with Crippen LogP contribution in [0.1, 0.15) is 20.3 Å². The average Bonchev–Trinajstić information content (AvgIpc) is 2.24. The molecule has 92 valence electrons.